The van der Waals surface area contributed by atoms with Crippen LogP contribution in [0.25, 0.3) is 5.73 Å². The molecule has 1 atom stereocenters. The first-order valence-corrected chi connectivity index (χ1v) is 7.79. The van der Waals surface area contributed by atoms with E-state index in [-0.39, 0.29) is 52.1 Å². The summed E-state index contributed by atoms with van der Waals surface area (Å²) in [5.41, 5.74) is 7.96. The molecule has 18 heavy (non-hydrogen) atoms. The molecule has 0 saturated carbocycles. The van der Waals surface area contributed by atoms with E-state index in [2.05, 4.69) is 45.2 Å². The summed E-state index contributed by atoms with van der Waals surface area (Å²) >= 11 is 0. The molecule has 1 unspecified atom stereocenters. The molecule has 105 valence electrons. The van der Waals surface area contributed by atoms with Crippen LogP contribution in [-0.4, -0.2) is 15.1 Å². The summed E-state index contributed by atoms with van der Waals surface area (Å²) in [6, 6.07) is 0. The number of hydrogen-bond acceptors (Lipinski definition) is 0. The average Bonchev–Trinajstić information content (AvgIpc) is 2.32. The van der Waals surface area contributed by atoms with Gasteiger partial charge in [-0.2, -0.15) is 6.08 Å². The fourth-order valence-corrected chi connectivity index (χ4v) is 0.744. The van der Waals surface area contributed by atoms with Crippen LogP contribution < -0.4 is 24.8 Å². The average molecular weight is 343 g/mol. The van der Waals surface area contributed by atoms with Crippen molar-refractivity contribution < 1.29 is 46.5 Å². The van der Waals surface area contributed by atoms with E-state index in [4.69, 9.17) is 5.73 Å². The van der Waals surface area contributed by atoms with Gasteiger partial charge in [0.25, 0.3) is 0 Å². The molecule has 0 heterocycles. The van der Waals surface area contributed by atoms with Gasteiger partial charge in [0.1, 0.15) is 0 Å². The number of rotatable bonds is 0. The normalized spacial score (nSPS) is 15.3. The molecule has 1 rings (SSSR count). The SMILES string of the molecule is CC(C)(C)[NH-].CC1=[C-]C(C)C=C1.C[SiH]C.[Cl-].[Cl-].[Ti+4]. The van der Waals surface area contributed by atoms with E-state index in [0.29, 0.717) is 5.92 Å². The van der Waals surface area contributed by atoms with E-state index in [1.165, 1.54) is 5.57 Å². The third-order valence-electron chi connectivity index (χ3n) is 1.09. The van der Waals surface area contributed by atoms with Crippen LogP contribution in [0.2, 0.25) is 13.1 Å². The standard InChI is InChI=1S/C7H9.C4H10N.C2H7Si.2ClH.Ti/c1-6-3-4-7(2)5-6;1-4(2,3)5;1-3-2;;;/h3-4,6H,1-2H3;5H,1-3H3;3H,1-2H3;2*1H;/q2*-1;;;;+4/p-2. The van der Waals surface area contributed by atoms with Crippen molar-refractivity contribution in [2.45, 2.75) is 53.3 Å². The van der Waals surface area contributed by atoms with Gasteiger partial charge in [0.2, 0.25) is 0 Å². The Hall–Kier alpha value is 0.951. The summed E-state index contributed by atoms with van der Waals surface area (Å²) < 4.78 is 0. The summed E-state index contributed by atoms with van der Waals surface area (Å²) in [5, 5.41) is 0. The quantitative estimate of drug-likeness (QED) is 0.370. The van der Waals surface area contributed by atoms with Gasteiger partial charge in [0.15, 0.2) is 0 Å². The van der Waals surface area contributed by atoms with Crippen LogP contribution in [0.15, 0.2) is 17.7 Å². The molecule has 1 N–H and O–H groups in total. The minimum atomic E-state index is -0.250. The second-order valence-corrected chi connectivity index (χ2v) is 5.96. The zero-order chi connectivity index (χ0) is 12.5. The van der Waals surface area contributed by atoms with Crippen LogP contribution in [0.3, 0.4) is 0 Å². The van der Waals surface area contributed by atoms with E-state index in [1.807, 2.05) is 20.8 Å². The molecule has 5 heteroatoms. The maximum Gasteiger partial charge on any atom is 4.00 e. The van der Waals surface area contributed by atoms with E-state index >= 15 is 0 Å². The Balaban J connectivity index is -0.0000000467. The summed E-state index contributed by atoms with van der Waals surface area (Å²) in [7, 11) is 0.750. The molecule has 0 amide bonds. The molecule has 0 spiro atoms. The van der Waals surface area contributed by atoms with Gasteiger partial charge in [0.05, 0.1) is 0 Å². The van der Waals surface area contributed by atoms with E-state index in [1.54, 1.807) is 0 Å². The Morgan fingerprint density at radius 1 is 1.22 bits per heavy atom. The first-order valence-electron chi connectivity index (χ1n) is 5.48. The predicted molar refractivity (Wildman–Crippen MR) is 73.7 cm³/mol. The summed E-state index contributed by atoms with van der Waals surface area (Å²) in [6.07, 6.45) is 7.47. The number of allylic oxidation sites excluding steroid dienone is 4. The van der Waals surface area contributed by atoms with Gasteiger partial charge in [-0.3, -0.25) is 6.08 Å². The predicted octanol–water partition coefficient (Wildman–Crippen LogP) is -1.70. The van der Waals surface area contributed by atoms with Crippen molar-refractivity contribution >= 4 is 9.52 Å². The molecular formula is C13H26Cl2NSiTi. The van der Waals surface area contributed by atoms with Crippen molar-refractivity contribution in [1.29, 1.82) is 0 Å². The van der Waals surface area contributed by atoms with Crippen molar-refractivity contribution in [3.8, 4) is 0 Å². The second-order valence-electron chi connectivity index (χ2n) is 4.80. The van der Waals surface area contributed by atoms with Crippen molar-refractivity contribution in [3.63, 3.8) is 0 Å². The fourth-order valence-electron chi connectivity index (χ4n) is 0.744. The smallest absolute Gasteiger partial charge is 1.00 e. The topological polar surface area (TPSA) is 23.8 Å². The number of hydrogen-bond donors (Lipinski definition) is 0. The summed E-state index contributed by atoms with van der Waals surface area (Å²) in [5.74, 6) is 0.556. The van der Waals surface area contributed by atoms with Crippen molar-refractivity contribution in [2.75, 3.05) is 0 Å². The van der Waals surface area contributed by atoms with Gasteiger partial charge >= 0.3 is 21.7 Å². The molecule has 0 saturated heterocycles. The monoisotopic (exact) mass is 342 g/mol. The molecule has 1 radical (unpaired) electrons. The summed E-state index contributed by atoms with van der Waals surface area (Å²) in [4.78, 5) is 0. The van der Waals surface area contributed by atoms with Gasteiger partial charge in [-0.25, -0.2) is 11.6 Å². The van der Waals surface area contributed by atoms with Gasteiger partial charge in [0, 0.05) is 9.52 Å². The van der Waals surface area contributed by atoms with E-state index < -0.39 is 0 Å². The van der Waals surface area contributed by atoms with Gasteiger partial charge in [-0.05, 0) is 0 Å². The first-order chi connectivity index (χ1) is 6.70. The minimum absolute atomic E-state index is 0. The molecule has 0 aliphatic heterocycles. The molecular weight excluding hydrogens is 317 g/mol. The first kappa shape index (κ1) is 31.4. The van der Waals surface area contributed by atoms with Crippen LogP contribution in [0.5, 0.6) is 0 Å². The molecule has 0 bridgehead atoms. The largest absolute Gasteiger partial charge is 4.00 e. The Morgan fingerprint density at radius 2 is 1.50 bits per heavy atom. The molecule has 0 aromatic heterocycles. The Morgan fingerprint density at radius 3 is 1.56 bits per heavy atom. The third kappa shape index (κ3) is 43.6. The zero-order valence-corrected chi connectivity index (χ0v) is 16.8. The molecule has 0 fully saturated rings. The van der Waals surface area contributed by atoms with Crippen LogP contribution in [0, 0.1) is 12.0 Å². The maximum atomic E-state index is 6.94. The Bertz CT molecular complexity index is 208. The van der Waals surface area contributed by atoms with Crippen molar-refractivity contribution in [1.82, 2.24) is 0 Å². The van der Waals surface area contributed by atoms with Crippen LogP contribution in [-0.2, 0) is 21.7 Å². The van der Waals surface area contributed by atoms with Crippen molar-refractivity contribution in [2.24, 2.45) is 5.92 Å². The maximum absolute atomic E-state index is 6.94. The summed E-state index contributed by atoms with van der Waals surface area (Å²) in [6.45, 7) is 14.2. The Kier molecular flexibility index (Phi) is 31.3. The molecule has 1 aliphatic rings. The third-order valence-corrected chi connectivity index (χ3v) is 1.09. The molecule has 0 aromatic carbocycles. The van der Waals surface area contributed by atoms with Crippen LogP contribution in [0.1, 0.15) is 34.6 Å². The zero-order valence-electron chi connectivity index (χ0n) is 12.6. The fraction of sp³-hybridized carbons (Fsp3) is 0.692. The number of nitrogens with one attached hydrogen (secondary N) is 1. The van der Waals surface area contributed by atoms with Gasteiger partial charge in [-0.15, -0.1) is 5.54 Å². The van der Waals surface area contributed by atoms with E-state index in [0.717, 1.165) is 9.52 Å². The van der Waals surface area contributed by atoms with Crippen LogP contribution in [0.4, 0.5) is 0 Å². The molecule has 1 nitrogen and oxygen atoms in total. The van der Waals surface area contributed by atoms with E-state index in [9.17, 15) is 0 Å². The second kappa shape index (κ2) is 18.0. The molecule has 1 aliphatic carbocycles. The molecule has 0 aromatic rings. The van der Waals surface area contributed by atoms with Gasteiger partial charge in [-0.1, -0.05) is 53.6 Å². The van der Waals surface area contributed by atoms with Crippen molar-refractivity contribution in [3.05, 3.63) is 29.5 Å². The minimum Gasteiger partial charge on any atom is -1.00 e. The van der Waals surface area contributed by atoms with Crippen LogP contribution >= 0.6 is 0 Å². The number of halogens is 2. The van der Waals surface area contributed by atoms with Gasteiger partial charge < -0.3 is 30.5 Å². The Labute approximate surface area is 144 Å².